The molecule has 0 unspecified atom stereocenters. The average Bonchev–Trinajstić information content (AvgIpc) is 3.41. The Morgan fingerprint density at radius 3 is 2.79 bits per heavy atom. The molecule has 1 aromatic carbocycles. The molecule has 3 aromatic rings. The number of carbonyl (C=O) groups is 2. The molecule has 2 atom stereocenters. The van der Waals surface area contributed by atoms with E-state index < -0.39 is 0 Å². The molecular formula is C20H22N6O3. The van der Waals surface area contributed by atoms with E-state index in [-0.39, 0.29) is 29.5 Å². The number of rotatable bonds is 6. The predicted molar refractivity (Wildman–Crippen MR) is 103 cm³/mol. The van der Waals surface area contributed by atoms with Gasteiger partial charge in [0.15, 0.2) is 5.69 Å². The highest BCUT2D eigenvalue weighted by molar-refractivity contribution is 5.93. The molecule has 29 heavy (non-hydrogen) atoms. The van der Waals surface area contributed by atoms with E-state index in [1.165, 1.54) is 0 Å². The Kier molecular flexibility index (Phi) is 5.11. The van der Waals surface area contributed by atoms with Crippen LogP contribution in [0.5, 0.6) is 0 Å². The first-order valence-electron chi connectivity index (χ1n) is 9.42. The Hall–Kier alpha value is -3.49. The monoisotopic (exact) mass is 394 g/mol. The van der Waals surface area contributed by atoms with Gasteiger partial charge in [-0.1, -0.05) is 35.5 Å². The maximum absolute atomic E-state index is 12.3. The zero-order chi connectivity index (χ0) is 20.4. The molecule has 0 radical (unpaired) electrons. The number of nitrogens with zero attached hydrogens (tertiary/aromatic N) is 5. The average molecular weight is 394 g/mol. The molecule has 9 nitrogen and oxygen atoms in total. The van der Waals surface area contributed by atoms with E-state index in [1.807, 2.05) is 41.2 Å². The van der Waals surface area contributed by atoms with E-state index in [4.69, 9.17) is 0 Å². The van der Waals surface area contributed by atoms with Gasteiger partial charge < -0.3 is 10.2 Å². The lowest BCUT2D eigenvalue weighted by atomic mass is 9.95. The number of aromatic nitrogens is 4. The molecule has 1 fully saturated rings. The van der Waals surface area contributed by atoms with Crippen LogP contribution in [0, 0.1) is 12.8 Å². The second-order valence-corrected chi connectivity index (χ2v) is 7.28. The molecule has 1 aliphatic heterocycles. The van der Waals surface area contributed by atoms with Crippen molar-refractivity contribution in [3.63, 3.8) is 0 Å². The molecule has 0 aliphatic carbocycles. The van der Waals surface area contributed by atoms with Crippen LogP contribution in [0.1, 0.15) is 39.8 Å². The highest BCUT2D eigenvalue weighted by Crippen LogP contribution is 2.36. The third-order valence-corrected chi connectivity index (χ3v) is 5.27. The molecule has 0 spiro atoms. The fourth-order valence-corrected chi connectivity index (χ4v) is 3.77. The Morgan fingerprint density at radius 1 is 1.28 bits per heavy atom. The van der Waals surface area contributed by atoms with Crippen LogP contribution in [0.25, 0.3) is 0 Å². The van der Waals surface area contributed by atoms with Gasteiger partial charge in [0, 0.05) is 37.7 Å². The topological polar surface area (TPSA) is 106 Å². The molecule has 2 aromatic heterocycles. The number of likely N-dealkylation sites (tertiary alicyclic amines) is 1. The van der Waals surface area contributed by atoms with Crippen molar-refractivity contribution < 1.29 is 14.2 Å². The maximum Gasteiger partial charge on any atom is 0.275 e. The first kappa shape index (κ1) is 18.9. The molecular weight excluding hydrogens is 372 g/mol. The summed E-state index contributed by atoms with van der Waals surface area (Å²) in [6, 6.07) is 9.91. The minimum atomic E-state index is -0.357. The number of hydrogen-bond acceptors (Lipinski definition) is 6. The first-order chi connectivity index (χ1) is 14.0. The van der Waals surface area contributed by atoms with Gasteiger partial charge in [-0.2, -0.15) is 5.10 Å². The van der Waals surface area contributed by atoms with Crippen molar-refractivity contribution in [2.75, 3.05) is 13.6 Å². The fourth-order valence-electron chi connectivity index (χ4n) is 3.77. The lowest BCUT2D eigenvalue weighted by Crippen LogP contribution is -2.33. The van der Waals surface area contributed by atoms with Crippen molar-refractivity contribution in [3.8, 4) is 0 Å². The van der Waals surface area contributed by atoms with Gasteiger partial charge in [0.25, 0.3) is 5.91 Å². The predicted octanol–water partition coefficient (Wildman–Crippen LogP) is 1.57. The van der Waals surface area contributed by atoms with Crippen molar-refractivity contribution in [1.29, 1.82) is 0 Å². The Labute approximate surface area is 167 Å². The van der Waals surface area contributed by atoms with Crippen molar-refractivity contribution in [3.05, 3.63) is 65.2 Å². The molecule has 2 amide bonds. The Balaban J connectivity index is 1.46. The summed E-state index contributed by atoms with van der Waals surface area (Å²) in [7, 11) is 1.79. The SMILES string of the molecule is Cc1nonc1C(=O)NC[C@@H]1CC(=O)N(C)[C@H]1c1cnn(Cc2ccccc2)c1. The van der Waals surface area contributed by atoms with Gasteiger partial charge in [-0.05, 0) is 17.6 Å². The second kappa shape index (κ2) is 7.86. The minimum Gasteiger partial charge on any atom is -0.350 e. The van der Waals surface area contributed by atoms with Gasteiger partial charge >= 0.3 is 0 Å². The Bertz CT molecular complexity index is 1010. The van der Waals surface area contributed by atoms with E-state index in [0.29, 0.717) is 25.2 Å². The smallest absolute Gasteiger partial charge is 0.275 e. The normalized spacial score (nSPS) is 19.0. The number of carbonyl (C=O) groups excluding carboxylic acids is 2. The van der Waals surface area contributed by atoms with E-state index in [1.54, 1.807) is 25.1 Å². The summed E-state index contributed by atoms with van der Waals surface area (Å²) in [5, 5.41) is 14.5. The summed E-state index contributed by atoms with van der Waals surface area (Å²) in [6.45, 7) is 2.66. The summed E-state index contributed by atoms with van der Waals surface area (Å²) >= 11 is 0. The van der Waals surface area contributed by atoms with Crippen molar-refractivity contribution >= 4 is 11.8 Å². The zero-order valence-electron chi connectivity index (χ0n) is 16.3. The van der Waals surface area contributed by atoms with Gasteiger partial charge in [0.1, 0.15) is 5.69 Å². The lowest BCUT2D eigenvalue weighted by Gasteiger charge is -2.24. The summed E-state index contributed by atoms with van der Waals surface area (Å²) in [5.41, 5.74) is 2.70. The minimum absolute atomic E-state index is 0.0457. The van der Waals surface area contributed by atoms with Crippen LogP contribution >= 0.6 is 0 Å². The van der Waals surface area contributed by atoms with Crippen LogP contribution in [-0.2, 0) is 11.3 Å². The first-order valence-corrected chi connectivity index (χ1v) is 9.42. The van der Waals surface area contributed by atoms with Gasteiger partial charge in [-0.15, -0.1) is 0 Å². The van der Waals surface area contributed by atoms with E-state index >= 15 is 0 Å². The molecule has 1 N–H and O–H groups in total. The molecule has 4 rings (SSSR count). The standard InChI is InChI=1S/C20H22N6O3/c1-13-18(24-29-23-13)20(28)21-9-15-8-17(27)25(2)19(15)16-10-22-26(12-16)11-14-6-4-3-5-7-14/h3-7,10,12,15,19H,8-9,11H2,1-2H3,(H,21,28)/t15-,19+/m0/s1. The van der Waals surface area contributed by atoms with Crippen LogP contribution < -0.4 is 5.32 Å². The molecule has 150 valence electrons. The highest BCUT2D eigenvalue weighted by atomic mass is 16.6. The van der Waals surface area contributed by atoms with Crippen LogP contribution in [0.2, 0.25) is 0 Å². The number of amides is 2. The van der Waals surface area contributed by atoms with Gasteiger partial charge in [0.2, 0.25) is 5.91 Å². The van der Waals surface area contributed by atoms with Crippen molar-refractivity contribution in [1.82, 2.24) is 30.3 Å². The number of hydrogen-bond donors (Lipinski definition) is 1. The van der Waals surface area contributed by atoms with Crippen LogP contribution in [0.4, 0.5) is 0 Å². The third-order valence-electron chi connectivity index (χ3n) is 5.27. The summed E-state index contributed by atoms with van der Waals surface area (Å²) in [5.74, 6) is -0.375. The quantitative estimate of drug-likeness (QED) is 0.680. The summed E-state index contributed by atoms with van der Waals surface area (Å²) in [4.78, 5) is 26.4. The zero-order valence-corrected chi connectivity index (χ0v) is 16.3. The molecule has 1 saturated heterocycles. The van der Waals surface area contributed by atoms with Crippen LogP contribution in [0.3, 0.4) is 0 Å². The highest BCUT2D eigenvalue weighted by Gasteiger charge is 2.39. The van der Waals surface area contributed by atoms with Crippen LogP contribution in [-0.4, -0.2) is 50.4 Å². The molecule has 3 heterocycles. The van der Waals surface area contributed by atoms with Gasteiger partial charge in [-0.3, -0.25) is 14.3 Å². The lowest BCUT2D eigenvalue weighted by molar-refractivity contribution is -0.127. The largest absolute Gasteiger partial charge is 0.350 e. The van der Waals surface area contributed by atoms with Crippen molar-refractivity contribution in [2.24, 2.45) is 5.92 Å². The Morgan fingerprint density at radius 2 is 2.07 bits per heavy atom. The molecule has 9 heteroatoms. The summed E-state index contributed by atoms with van der Waals surface area (Å²) < 4.78 is 6.44. The third kappa shape index (κ3) is 3.89. The maximum atomic E-state index is 12.3. The number of nitrogens with one attached hydrogen (secondary N) is 1. The molecule has 1 aliphatic rings. The van der Waals surface area contributed by atoms with Gasteiger partial charge in [-0.25, -0.2) is 4.63 Å². The fraction of sp³-hybridized carbons (Fsp3) is 0.350. The summed E-state index contributed by atoms with van der Waals surface area (Å²) in [6.07, 6.45) is 4.12. The van der Waals surface area contributed by atoms with E-state index in [2.05, 4.69) is 25.4 Å². The molecule has 0 saturated carbocycles. The molecule has 0 bridgehead atoms. The number of benzene rings is 1. The van der Waals surface area contributed by atoms with Gasteiger partial charge in [0.05, 0.1) is 18.8 Å². The van der Waals surface area contributed by atoms with E-state index in [0.717, 1.165) is 11.1 Å². The van der Waals surface area contributed by atoms with Crippen molar-refractivity contribution in [2.45, 2.75) is 25.9 Å². The second-order valence-electron chi connectivity index (χ2n) is 7.28. The van der Waals surface area contributed by atoms with Crippen LogP contribution in [0.15, 0.2) is 47.4 Å². The van der Waals surface area contributed by atoms with E-state index in [9.17, 15) is 9.59 Å². The number of aryl methyl sites for hydroxylation is 1.